The Kier molecular flexibility index (Phi) is 7.86. The first-order valence-corrected chi connectivity index (χ1v) is 5.73. The Morgan fingerprint density at radius 2 is 1.69 bits per heavy atom. The Bertz CT molecular complexity index is 197. The first-order valence-electron chi connectivity index (χ1n) is 4.40. The minimum Gasteiger partial charge on any atom is -0.497 e. The van der Waals surface area contributed by atoms with E-state index in [0.717, 1.165) is 11.7 Å². The van der Waals surface area contributed by atoms with Gasteiger partial charge in [0.25, 0.3) is 0 Å². The molecule has 0 N–H and O–H groups in total. The SMILES string of the molecule is CC(C)C[SeH].COc1ccccc1. The van der Waals surface area contributed by atoms with E-state index >= 15 is 0 Å². The van der Waals surface area contributed by atoms with Crippen LogP contribution in [0.4, 0.5) is 0 Å². The molecule has 0 bridgehead atoms. The van der Waals surface area contributed by atoms with Crippen LogP contribution < -0.4 is 4.74 Å². The molecular weight excluding hydrogens is 227 g/mol. The monoisotopic (exact) mass is 246 g/mol. The van der Waals surface area contributed by atoms with Gasteiger partial charge in [-0.25, -0.2) is 0 Å². The summed E-state index contributed by atoms with van der Waals surface area (Å²) < 4.78 is 4.91. The van der Waals surface area contributed by atoms with Crippen LogP contribution in [-0.4, -0.2) is 23.1 Å². The maximum Gasteiger partial charge on any atom is 0.118 e. The minimum atomic E-state index is 0.856. The van der Waals surface area contributed by atoms with E-state index in [1.165, 1.54) is 5.32 Å². The van der Waals surface area contributed by atoms with Crippen LogP contribution in [0.1, 0.15) is 13.8 Å². The molecule has 13 heavy (non-hydrogen) atoms. The standard InChI is InChI=1S/C7H8O.C4H10Se/c1-8-7-5-3-2-4-6-7;1-4(2)3-5/h2-6H,1H3;4-5H,3H2,1-2H3. The minimum absolute atomic E-state index is 0.856. The maximum atomic E-state index is 4.91. The molecule has 0 aliphatic heterocycles. The smallest absolute Gasteiger partial charge is 0.118 e. The van der Waals surface area contributed by atoms with Gasteiger partial charge in [-0.1, -0.05) is 18.2 Å². The molecule has 74 valence electrons. The van der Waals surface area contributed by atoms with Crippen LogP contribution >= 0.6 is 0 Å². The van der Waals surface area contributed by atoms with Crippen LogP contribution in [0, 0.1) is 5.92 Å². The summed E-state index contributed by atoms with van der Waals surface area (Å²) in [7, 11) is 1.66. The van der Waals surface area contributed by atoms with Gasteiger partial charge in [0.15, 0.2) is 0 Å². The van der Waals surface area contributed by atoms with E-state index in [1.54, 1.807) is 7.11 Å². The second kappa shape index (κ2) is 8.15. The van der Waals surface area contributed by atoms with Crippen molar-refractivity contribution in [2.24, 2.45) is 5.92 Å². The molecule has 1 nitrogen and oxygen atoms in total. The zero-order valence-electron chi connectivity index (χ0n) is 8.53. The van der Waals surface area contributed by atoms with Crippen molar-refractivity contribution < 1.29 is 4.74 Å². The number of methoxy groups -OCH3 is 1. The number of rotatable bonds is 2. The molecule has 0 radical (unpaired) electrons. The molecule has 0 aromatic heterocycles. The van der Waals surface area contributed by atoms with E-state index < -0.39 is 0 Å². The molecule has 0 aliphatic carbocycles. The second-order valence-corrected chi connectivity index (χ2v) is 3.86. The van der Waals surface area contributed by atoms with Crippen molar-refractivity contribution in [2.45, 2.75) is 19.2 Å². The molecule has 0 fully saturated rings. The Hall–Kier alpha value is -0.461. The Morgan fingerprint density at radius 1 is 1.23 bits per heavy atom. The van der Waals surface area contributed by atoms with E-state index in [4.69, 9.17) is 4.74 Å². The van der Waals surface area contributed by atoms with Crippen LogP contribution in [0.2, 0.25) is 5.32 Å². The molecule has 0 atom stereocenters. The third-order valence-corrected chi connectivity index (χ3v) is 2.88. The summed E-state index contributed by atoms with van der Waals surface area (Å²) in [6.45, 7) is 4.41. The third-order valence-electron chi connectivity index (χ3n) is 1.34. The van der Waals surface area contributed by atoms with Crippen LogP contribution in [-0.2, 0) is 0 Å². The predicted octanol–water partition coefficient (Wildman–Crippen LogP) is 2.66. The van der Waals surface area contributed by atoms with E-state index in [1.807, 2.05) is 30.3 Å². The predicted molar refractivity (Wildman–Crippen MR) is 59.8 cm³/mol. The van der Waals surface area contributed by atoms with Gasteiger partial charge in [-0.2, -0.15) is 0 Å². The summed E-state index contributed by atoms with van der Waals surface area (Å²) in [6.07, 6.45) is 0. The van der Waals surface area contributed by atoms with Crippen LogP contribution in [0.25, 0.3) is 0 Å². The van der Waals surface area contributed by atoms with Gasteiger partial charge in [-0.05, 0) is 12.1 Å². The zero-order chi connectivity index (χ0) is 10.1. The molecule has 0 unspecified atom stereocenters. The average molecular weight is 245 g/mol. The molecule has 0 heterocycles. The van der Waals surface area contributed by atoms with Crippen molar-refractivity contribution in [3.8, 4) is 5.75 Å². The zero-order valence-corrected chi connectivity index (χ0v) is 10.4. The molecule has 0 aliphatic rings. The Balaban J connectivity index is 0.000000252. The first-order chi connectivity index (χ1) is 6.20. The molecule has 0 saturated carbocycles. The topological polar surface area (TPSA) is 9.23 Å². The summed E-state index contributed by atoms with van der Waals surface area (Å²) in [6, 6.07) is 9.68. The molecular formula is C11H18OSe. The fraction of sp³-hybridized carbons (Fsp3) is 0.455. The van der Waals surface area contributed by atoms with E-state index in [9.17, 15) is 0 Å². The van der Waals surface area contributed by atoms with E-state index in [0.29, 0.717) is 0 Å². The molecule has 2 heteroatoms. The fourth-order valence-electron chi connectivity index (χ4n) is 0.557. The molecule has 0 spiro atoms. The molecule has 1 aromatic carbocycles. The van der Waals surface area contributed by atoms with Gasteiger partial charge in [0, 0.05) is 0 Å². The van der Waals surface area contributed by atoms with Crippen molar-refractivity contribution in [2.75, 3.05) is 7.11 Å². The fourth-order valence-corrected chi connectivity index (χ4v) is 0.557. The van der Waals surface area contributed by atoms with Gasteiger partial charge in [-0.15, -0.1) is 0 Å². The van der Waals surface area contributed by atoms with Gasteiger partial charge in [0.1, 0.15) is 5.75 Å². The third kappa shape index (κ3) is 7.89. The van der Waals surface area contributed by atoms with E-state index in [-0.39, 0.29) is 0 Å². The quantitative estimate of drug-likeness (QED) is 0.728. The van der Waals surface area contributed by atoms with Crippen molar-refractivity contribution in [1.82, 2.24) is 0 Å². The summed E-state index contributed by atoms with van der Waals surface area (Å²) in [4.78, 5) is 0. The molecule has 0 amide bonds. The van der Waals surface area contributed by atoms with Crippen LogP contribution in [0.15, 0.2) is 30.3 Å². The van der Waals surface area contributed by atoms with Gasteiger partial charge < -0.3 is 4.74 Å². The second-order valence-electron chi connectivity index (χ2n) is 3.09. The number of hydrogen-bond donors (Lipinski definition) is 0. The van der Waals surface area contributed by atoms with Crippen molar-refractivity contribution >= 4 is 16.0 Å². The number of para-hydroxylation sites is 1. The average Bonchev–Trinajstić information content (AvgIpc) is 2.20. The summed E-state index contributed by atoms with van der Waals surface area (Å²) in [5, 5.41) is 1.24. The number of hydrogen-bond acceptors (Lipinski definition) is 1. The first kappa shape index (κ1) is 12.5. The largest absolute Gasteiger partial charge is 0.497 e. The van der Waals surface area contributed by atoms with Gasteiger partial charge in [-0.3, -0.25) is 0 Å². The van der Waals surface area contributed by atoms with Crippen molar-refractivity contribution in [1.29, 1.82) is 0 Å². The Labute approximate surface area is 89.3 Å². The maximum absolute atomic E-state index is 4.91. The number of benzene rings is 1. The van der Waals surface area contributed by atoms with Crippen LogP contribution in [0.5, 0.6) is 5.75 Å². The van der Waals surface area contributed by atoms with Crippen molar-refractivity contribution in [3.63, 3.8) is 0 Å². The van der Waals surface area contributed by atoms with Gasteiger partial charge in [0.05, 0.1) is 7.11 Å². The van der Waals surface area contributed by atoms with Crippen molar-refractivity contribution in [3.05, 3.63) is 30.3 Å². The molecule has 1 rings (SSSR count). The summed E-state index contributed by atoms with van der Waals surface area (Å²) in [5.74, 6) is 1.77. The normalized spacial score (nSPS) is 9.00. The van der Waals surface area contributed by atoms with E-state index in [2.05, 4.69) is 29.9 Å². The van der Waals surface area contributed by atoms with Crippen LogP contribution in [0.3, 0.4) is 0 Å². The number of ether oxygens (including phenoxy) is 1. The Morgan fingerprint density at radius 3 is 1.92 bits per heavy atom. The summed E-state index contributed by atoms with van der Waals surface area (Å²) >= 11 is 2.57. The molecule has 0 saturated heterocycles. The van der Waals surface area contributed by atoms with Gasteiger partial charge >= 0.3 is 41.1 Å². The van der Waals surface area contributed by atoms with Gasteiger partial charge in [0.2, 0.25) is 0 Å². The molecule has 1 aromatic rings. The summed E-state index contributed by atoms with van der Waals surface area (Å²) in [5.41, 5.74) is 0.